The SMILES string of the molecule is O=C(NCCN1CCOCC1)[C@H]1CCCN1C(=O)Cc1cccs1. The molecule has 1 atom stereocenters. The van der Waals surface area contributed by atoms with Gasteiger partial charge in [-0.2, -0.15) is 0 Å². The van der Waals surface area contributed by atoms with Crippen LogP contribution in [-0.4, -0.2) is 73.6 Å². The highest BCUT2D eigenvalue weighted by Crippen LogP contribution is 2.20. The van der Waals surface area contributed by atoms with E-state index in [2.05, 4.69) is 10.2 Å². The van der Waals surface area contributed by atoms with Crippen molar-refractivity contribution in [2.45, 2.75) is 25.3 Å². The van der Waals surface area contributed by atoms with Gasteiger partial charge in [0.05, 0.1) is 19.6 Å². The summed E-state index contributed by atoms with van der Waals surface area (Å²) in [5.41, 5.74) is 0. The lowest BCUT2D eigenvalue weighted by Crippen LogP contribution is -2.48. The molecule has 0 unspecified atom stereocenters. The number of hydrogen-bond acceptors (Lipinski definition) is 5. The van der Waals surface area contributed by atoms with E-state index < -0.39 is 0 Å². The van der Waals surface area contributed by atoms with E-state index in [0.717, 1.165) is 50.6 Å². The minimum absolute atomic E-state index is 0.0136. The lowest BCUT2D eigenvalue weighted by Gasteiger charge is -2.27. The molecule has 3 rings (SSSR count). The van der Waals surface area contributed by atoms with Crippen LogP contribution in [0.3, 0.4) is 0 Å². The van der Waals surface area contributed by atoms with Gasteiger partial charge in [0.2, 0.25) is 11.8 Å². The highest BCUT2D eigenvalue weighted by Gasteiger charge is 2.33. The van der Waals surface area contributed by atoms with Crippen LogP contribution in [0.15, 0.2) is 17.5 Å². The second-order valence-corrected chi connectivity index (χ2v) is 7.28. The van der Waals surface area contributed by atoms with E-state index in [4.69, 9.17) is 4.74 Å². The molecule has 132 valence electrons. The normalized spacial score (nSPS) is 21.8. The number of likely N-dealkylation sites (tertiary alicyclic amines) is 1. The van der Waals surface area contributed by atoms with Crippen LogP contribution in [-0.2, 0) is 20.7 Å². The first-order chi connectivity index (χ1) is 11.7. The number of nitrogens with zero attached hydrogens (tertiary/aromatic N) is 2. The van der Waals surface area contributed by atoms with Crippen molar-refractivity contribution >= 4 is 23.2 Å². The first-order valence-corrected chi connectivity index (χ1v) is 9.51. The summed E-state index contributed by atoms with van der Waals surface area (Å²) in [6.07, 6.45) is 2.06. The molecular weight excluding hydrogens is 326 g/mol. The van der Waals surface area contributed by atoms with Crippen LogP contribution < -0.4 is 5.32 Å². The molecule has 2 fully saturated rings. The van der Waals surface area contributed by atoms with Gasteiger partial charge in [-0.1, -0.05) is 6.07 Å². The lowest BCUT2D eigenvalue weighted by atomic mass is 10.2. The molecule has 1 aromatic heterocycles. The van der Waals surface area contributed by atoms with Crippen molar-refractivity contribution in [2.75, 3.05) is 45.9 Å². The molecule has 0 spiro atoms. The molecule has 0 aromatic carbocycles. The number of ether oxygens (including phenoxy) is 1. The molecular formula is C17H25N3O3S. The first-order valence-electron chi connectivity index (χ1n) is 8.64. The third kappa shape index (κ3) is 4.55. The molecule has 1 aromatic rings. The van der Waals surface area contributed by atoms with Crippen LogP contribution in [0.5, 0.6) is 0 Å². The van der Waals surface area contributed by atoms with Crippen molar-refractivity contribution in [1.82, 2.24) is 15.1 Å². The number of thiophene rings is 1. The molecule has 2 saturated heterocycles. The molecule has 2 amide bonds. The van der Waals surface area contributed by atoms with Gasteiger partial charge >= 0.3 is 0 Å². The van der Waals surface area contributed by atoms with E-state index in [-0.39, 0.29) is 17.9 Å². The number of carbonyl (C=O) groups is 2. The number of rotatable bonds is 6. The van der Waals surface area contributed by atoms with Crippen LogP contribution >= 0.6 is 11.3 Å². The van der Waals surface area contributed by atoms with E-state index in [1.54, 1.807) is 16.2 Å². The third-order valence-corrected chi connectivity index (χ3v) is 5.49. The van der Waals surface area contributed by atoms with E-state index in [9.17, 15) is 9.59 Å². The number of morpholine rings is 1. The molecule has 2 aliphatic heterocycles. The van der Waals surface area contributed by atoms with Crippen molar-refractivity contribution in [2.24, 2.45) is 0 Å². The Morgan fingerprint density at radius 2 is 2.12 bits per heavy atom. The molecule has 0 saturated carbocycles. The van der Waals surface area contributed by atoms with Crippen molar-refractivity contribution in [3.63, 3.8) is 0 Å². The zero-order chi connectivity index (χ0) is 16.8. The Bertz CT molecular complexity index is 543. The Morgan fingerprint density at radius 1 is 1.29 bits per heavy atom. The standard InChI is InChI=1S/C17H25N3O3S/c21-16(13-14-3-2-12-24-14)20-6-1-4-15(20)17(22)18-5-7-19-8-10-23-11-9-19/h2-3,12,15H,1,4-11,13H2,(H,18,22)/t15-/m1/s1. The quantitative estimate of drug-likeness (QED) is 0.821. The van der Waals surface area contributed by atoms with Crippen LogP contribution in [0.4, 0.5) is 0 Å². The van der Waals surface area contributed by atoms with Gasteiger partial charge in [-0.25, -0.2) is 0 Å². The summed E-state index contributed by atoms with van der Waals surface area (Å²) in [4.78, 5) is 30.0. The minimum atomic E-state index is -0.304. The van der Waals surface area contributed by atoms with E-state index in [1.165, 1.54) is 0 Å². The largest absolute Gasteiger partial charge is 0.379 e. The summed E-state index contributed by atoms with van der Waals surface area (Å²) in [6.45, 7) is 5.53. The molecule has 0 bridgehead atoms. The maximum absolute atomic E-state index is 12.5. The fraction of sp³-hybridized carbons (Fsp3) is 0.647. The Labute approximate surface area is 146 Å². The Hall–Kier alpha value is -1.44. The molecule has 2 aliphatic rings. The first kappa shape index (κ1) is 17.4. The van der Waals surface area contributed by atoms with Gasteiger partial charge < -0.3 is 15.0 Å². The molecule has 0 radical (unpaired) electrons. The molecule has 1 N–H and O–H groups in total. The van der Waals surface area contributed by atoms with Crippen molar-refractivity contribution < 1.29 is 14.3 Å². The summed E-state index contributed by atoms with van der Waals surface area (Å²) < 4.78 is 5.32. The Balaban J connectivity index is 1.45. The lowest BCUT2D eigenvalue weighted by molar-refractivity contribution is -0.137. The van der Waals surface area contributed by atoms with Crippen molar-refractivity contribution in [3.05, 3.63) is 22.4 Å². The Kier molecular flexibility index (Phi) is 6.23. The van der Waals surface area contributed by atoms with Crippen LogP contribution in [0.2, 0.25) is 0 Å². The predicted molar refractivity (Wildman–Crippen MR) is 93.0 cm³/mol. The zero-order valence-corrected chi connectivity index (χ0v) is 14.7. The average Bonchev–Trinajstić information content (AvgIpc) is 3.27. The summed E-state index contributed by atoms with van der Waals surface area (Å²) >= 11 is 1.59. The second kappa shape index (κ2) is 8.60. The highest BCUT2D eigenvalue weighted by molar-refractivity contribution is 7.10. The van der Waals surface area contributed by atoms with E-state index >= 15 is 0 Å². The molecule has 6 nitrogen and oxygen atoms in total. The summed E-state index contributed by atoms with van der Waals surface area (Å²) in [7, 11) is 0. The highest BCUT2D eigenvalue weighted by atomic mass is 32.1. The van der Waals surface area contributed by atoms with Gasteiger partial charge in [0.25, 0.3) is 0 Å². The van der Waals surface area contributed by atoms with Crippen LogP contribution in [0.25, 0.3) is 0 Å². The number of hydrogen-bond donors (Lipinski definition) is 1. The average molecular weight is 351 g/mol. The summed E-state index contributed by atoms with van der Waals surface area (Å²) in [5.74, 6) is 0.0450. The van der Waals surface area contributed by atoms with Crippen molar-refractivity contribution in [1.29, 1.82) is 0 Å². The van der Waals surface area contributed by atoms with Gasteiger partial charge in [-0.15, -0.1) is 11.3 Å². The number of carbonyl (C=O) groups excluding carboxylic acids is 2. The van der Waals surface area contributed by atoms with Gasteiger partial charge in [0.15, 0.2) is 0 Å². The van der Waals surface area contributed by atoms with Gasteiger partial charge in [0, 0.05) is 37.6 Å². The van der Waals surface area contributed by atoms with Crippen LogP contribution in [0, 0.1) is 0 Å². The van der Waals surface area contributed by atoms with Gasteiger partial charge in [0.1, 0.15) is 6.04 Å². The van der Waals surface area contributed by atoms with E-state index in [1.807, 2.05) is 17.5 Å². The topological polar surface area (TPSA) is 61.9 Å². The van der Waals surface area contributed by atoms with E-state index in [0.29, 0.717) is 19.5 Å². The number of nitrogens with one attached hydrogen (secondary N) is 1. The third-order valence-electron chi connectivity index (χ3n) is 4.61. The summed E-state index contributed by atoms with van der Waals surface area (Å²) in [6, 6.07) is 3.62. The maximum Gasteiger partial charge on any atom is 0.242 e. The smallest absolute Gasteiger partial charge is 0.242 e. The maximum atomic E-state index is 12.5. The molecule has 7 heteroatoms. The van der Waals surface area contributed by atoms with Crippen molar-refractivity contribution in [3.8, 4) is 0 Å². The van der Waals surface area contributed by atoms with Gasteiger partial charge in [-0.05, 0) is 24.3 Å². The second-order valence-electron chi connectivity index (χ2n) is 6.25. The summed E-state index contributed by atoms with van der Waals surface area (Å²) in [5, 5.41) is 4.98. The zero-order valence-electron chi connectivity index (χ0n) is 13.9. The van der Waals surface area contributed by atoms with Gasteiger partial charge in [-0.3, -0.25) is 14.5 Å². The molecule has 3 heterocycles. The monoisotopic (exact) mass is 351 g/mol. The fourth-order valence-electron chi connectivity index (χ4n) is 3.28. The molecule has 24 heavy (non-hydrogen) atoms. The predicted octanol–water partition coefficient (Wildman–Crippen LogP) is 0.730. The molecule has 0 aliphatic carbocycles. The minimum Gasteiger partial charge on any atom is -0.379 e. The van der Waals surface area contributed by atoms with Crippen LogP contribution in [0.1, 0.15) is 17.7 Å². The number of amides is 2. The fourth-order valence-corrected chi connectivity index (χ4v) is 3.98. The Morgan fingerprint density at radius 3 is 2.88 bits per heavy atom.